The molecule has 80 valence electrons. The van der Waals surface area contributed by atoms with Gasteiger partial charge in [0.2, 0.25) is 0 Å². The average molecular weight is 201 g/mol. The molecule has 1 heterocycles. The van der Waals surface area contributed by atoms with Crippen molar-refractivity contribution >= 4 is 12.2 Å². The van der Waals surface area contributed by atoms with E-state index in [9.17, 15) is 0 Å². The van der Waals surface area contributed by atoms with Gasteiger partial charge in [-0.3, -0.25) is 0 Å². The van der Waals surface area contributed by atoms with E-state index in [0.29, 0.717) is 5.92 Å². The Hall–Kier alpha value is -1.24. The van der Waals surface area contributed by atoms with Crippen molar-refractivity contribution in [1.82, 2.24) is 4.98 Å². The lowest BCUT2D eigenvalue weighted by atomic mass is 9.93. The van der Waals surface area contributed by atoms with Gasteiger partial charge in [0.05, 0.1) is 0 Å². The summed E-state index contributed by atoms with van der Waals surface area (Å²) in [5.41, 5.74) is 4.02. The molecule has 1 heteroatoms. The van der Waals surface area contributed by atoms with Crippen molar-refractivity contribution in [3.8, 4) is 0 Å². The van der Waals surface area contributed by atoms with Crippen molar-refractivity contribution in [3.05, 3.63) is 35.2 Å². The maximum absolute atomic E-state index is 3.47. The summed E-state index contributed by atoms with van der Waals surface area (Å²) in [5, 5.41) is 0. The van der Waals surface area contributed by atoms with E-state index in [1.165, 1.54) is 17.0 Å². The van der Waals surface area contributed by atoms with Gasteiger partial charge >= 0.3 is 0 Å². The summed E-state index contributed by atoms with van der Waals surface area (Å²) < 4.78 is 0. The molecule has 1 N–H and O–H groups in total. The standard InChI is InChI=1S/C14H19N/c1-10(2)13-9-11-5-7-14(3,4)8-6-12(11)15-13/h5-10,15H,1-4H3. The Morgan fingerprint density at radius 3 is 2.47 bits per heavy atom. The number of aromatic nitrogens is 1. The van der Waals surface area contributed by atoms with Crippen molar-refractivity contribution in [1.29, 1.82) is 0 Å². The summed E-state index contributed by atoms with van der Waals surface area (Å²) in [6, 6.07) is 2.25. The zero-order chi connectivity index (χ0) is 11.1. The molecule has 0 spiro atoms. The van der Waals surface area contributed by atoms with Crippen LogP contribution in [0.1, 0.15) is 50.6 Å². The maximum atomic E-state index is 3.47. The van der Waals surface area contributed by atoms with Crippen molar-refractivity contribution in [3.63, 3.8) is 0 Å². The highest BCUT2D eigenvalue weighted by atomic mass is 14.7. The summed E-state index contributed by atoms with van der Waals surface area (Å²) in [6.45, 7) is 8.86. The first-order valence-electron chi connectivity index (χ1n) is 5.59. The predicted octanol–water partition coefficient (Wildman–Crippen LogP) is 4.20. The van der Waals surface area contributed by atoms with E-state index < -0.39 is 0 Å². The third-order valence-electron chi connectivity index (χ3n) is 2.90. The number of H-pyrrole nitrogens is 1. The van der Waals surface area contributed by atoms with Crippen molar-refractivity contribution < 1.29 is 0 Å². The summed E-state index contributed by atoms with van der Waals surface area (Å²) in [4.78, 5) is 3.47. The van der Waals surface area contributed by atoms with Gasteiger partial charge in [-0.25, -0.2) is 0 Å². The molecule has 0 radical (unpaired) electrons. The summed E-state index contributed by atoms with van der Waals surface area (Å²) in [5.74, 6) is 0.562. The minimum Gasteiger partial charge on any atom is -0.358 e. The van der Waals surface area contributed by atoms with Gasteiger partial charge in [-0.1, -0.05) is 45.9 Å². The van der Waals surface area contributed by atoms with Crippen LogP contribution in [0, 0.1) is 5.41 Å². The fraction of sp³-hybridized carbons (Fsp3) is 0.429. The molecule has 0 unspecified atom stereocenters. The lowest BCUT2D eigenvalue weighted by Crippen LogP contribution is -2.00. The van der Waals surface area contributed by atoms with Crippen LogP contribution in [0.5, 0.6) is 0 Å². The van der Waals surface area contributed by atoms with Crippen LogP contribution in [0.15, 0.2) is 18.2 Å². The monoisotopic (exact) mass is 201 g/mol. The number of fused-ring (bicyclic) bond motifs is 1. The fourth-order valence-corrected chi connectivity index (χ4v) is 1.75. The number of hydrogen-bond donors (Lipinski definition) is 1. The smallest absolute Gasteiger partial charge is 0.0453 e. The maximum Gasteiger partial charge on any atom is 0.0453 e. The van der Waals surface area contributed by atoms with Crippen LogP contribution in [0.2, 0.25) is 0 Å². The van der Waals surface area contributed by atoms with E-state index in [4.69, 9.17) is 0 Å². The molecule has 0 fully saturated rings. The molecule has 0 aliphatic heterocycles. The van der Waals surface area contributed by atoms with Crippen LogP contribution in [0.25, 0.3) is 12.2 Å². The molecule has 0 saturated carbocycles. The van der Waals surface area contributed by atoms with E-state index in [2.05, 4.69) is 63.0 Å². The van der Waals surface area contributed by atoms with Crippen LogP contribution >= 0.6 is 0 Å². The number of hydrogen-bond acceptors (Lipinski definition) is 0. The van der Waals surface area contributed by atoms with E-state index in [0.717, 1.165) is 0 Å². The van der Waals surface area contributed by atoms with Crippen LogP contribution in [0.3, 0.4) is 0 Å². The third-order valence-corrected chi connectivity index (χ3v) is 2.90. The molecule has 1 aliphatic rings. The molecule has 15 heavy (non-hydrogen) atoms. The van der Waals surface area contributed by atoms with Crippen LogP contribution < -0.4 is 0 Å². The SMILES string of the molecule is CC(C)c1cc2c([nH]1)C=CC(C)(C)C=C2. The van der Waals surface area contributed by atoms with Crippen LogP contribution in [-0.2, 0) is 0 Å². The van der Waals surface area contributed by atoms with E-state index in [1.807, 2.05) is 0 Å². The number of aromatic amines is 1. The highest BCUT2D eigenvalue weighted by molar-refractivity contribution is 5.67. The summed E-state index contributed by atoms with van der Waals surface area (Å²) in [6.07, 6.45) is 8.92. The molecule has 0 atom stereocenters. The minimum atomic E-state index is 0.165. The van der Waals surface area contributed by atoms with Gasteiger partial charge in [0.15, 0.2) is 0 Å². The second-order valence-electron chi connectivity index (χ2n) is 5.24. The largest absolute Gasteiger partial charge is 0.358 e. The van der Waals surface area contributed by atoms with Crippen LogP contribution in [0.4, 0.5) is 0 Å². The molecule has 1 aromatic rings. The first-order valence-corrected chi connectivity index (χ1v) is 5.59. The predicted molar refractivity (Wildman–Crippen MR) is 66.7 cm³/mol. The van der Waals surface area contributed by atoms with Crippen LogP contribution in [-0.4, -0.2) is 4.98 Å². The van der Waals surface area contributed by atoms with E-state index in [-0.39, 0.29) is 5.41 Å². The number of allylic oxidation sites excluding steroid dienone is 2. The Morgan fingerprint density at radius 1 is 1.13 bits per heavy atom. The molecule has 1 aromatic heterocycles. The molecule has 2 rings (SSSR count). The molecule has 1 nitrogen and oxygen atoms in total. The van der Waals surface area contributed by atoms with Gasteiger partial charge in [0.1, 0.15) is 0 Å². The summed E-state index contributed by atoms with van der Waals surface area (Å²) in [7, 11) is 0. The highest BCUT2D eigenvalue weighted by Gasteiger charge is 2.14. The molecule has 0 amide bonds. The van der Waals surface area contributed by atoms with Gasteiger partial charge in [-0.05, 0) is 23.6 Å². The van der Waals surface area contributed by atoms with Gasteiger partial charge in [0.25, 0.3) is 0 Å². The number of rotatable bonds is 1. The minimum absolute atomic E-state index is 0.165. The first-order chi connectivity index (χ1) is 6.98. The molecule has 0 saturated heterocycles. The zero-order valence-electron chi connectivity index (χ0n) is 9.96. The first kappa shape index (κ1) is 10.3. The van der Waals surface area contributed by atoms with E-state index >= 15 is 0 Å². The second-order valence-corrected chi connectivity index (χ2v) is 5.24. The third kappa shape index (κ3) is 2.06. The Morgan fingerprint density at radius 2 is 1.80 bits per heavy atom. The molecular weight excluding hydrogens is 182 g/mol. The Bertz CT molecular complexity index is 383. The lowest BCUT2D eigenvalue weighted by molar-refractivity contribution is 0.633. The lowest BCUT2D eigenvalue weighted by Gasteiger charge is -2.12. The fourth-order valence-electron chi connectivity index (χ4n) is 1.75. The van der Waals surface area contributed by atoms with Gasteiger partial charge in [0, 0.05) is 16.8 Å². The van der Waals surface area contributed by atoms with Gasteiger partial charge < -0.3 is 4.98 Å². The zero-order valence-corrected chi connectivity index (χ0v) is 9.96. The second kappa shape index (κ2) is 3.41. The number of nitrogens with one attached hydrogen (secondary N) is 1. The molecule has 0 bridgehead atoms. The quantitative estimate of drug-likeness (QED) is 0.700. The average Bonchev–Trinajstić information content (AvgIpc) is 2.50. The van der Waals surface area contributed by atoms with E-state index in [1.54, 1.807) is 0 Å². The Labute approximate surface area is 91.9 Å². The van der Waals surface area contributed by atoms with Gasteiger partial charge in [-0.2, -0.15) is 0 Å². The highest BCUT2D eigenvalue weighted by Crippen LogP contribution is 2.29. The molecule has 0 aromatic carbocycles. The molecule has 1 aliphatic carbocycles. The van der Waals surface area contributed by atoms with Crippen molar-refractivity contribution in [2.75, 3.05) is 0 Å². The normalized spacial score (nSPS) is 17.9. The Kier molecular flexibility index (Phi) is 2.34. The molecular formula is C14H19N. The topological polar surface area (TPSA) is 15.8 Å². The van der Waals surface area contributed by atoms with Crippen molar-refractivity contribution in [2.45, 2.75) is 33.6 Å². The summed E-state index contributed by atoms with van der Waals surface area (Å²) >= 11 is 0. The van der Waals surface area contributed by atoms with Crippen molar-refractivity contribution in [2.24, 2.45) is 5.41 Å². The van der Waals surface area contributed by atoms with Gasteiger partial charge in [-0.15, -0.1) is 0 Å². The Balaban J connectivity index is 2.42.